The molecule has 0 aliphatic rings. The van der Waals surface area contributed by atoms with E-state index in [1.165, 1.54) is 0 Å². The second kappa shape index (κ2) is 4.14. The molecule has 1 aromatic heterocycles. The Morgan fingerprint density at radius 3 is 2.67 bits per heavy atom. The van der Waals surface area contributed by atoms with Crippen molar-refractivity contribution in [2.45, 2.75) is 12.5 Å². The first kappa shape index (κ1) is 9.73. The molecule has 0 saturated heterocycles. The Hall–Kier alpha value is -1.81. The lowest BCUT2D eigenvalue weighted by molar-refractivity contribution is 0.179. The van der Waals surface area contributed by atoms with Crippen LogP contribution in [0, 0.1) is 0 Å². The second-order valence-corrected chi connectivity index (χ2v) is 3.44. The summed E-state index contributed by atoms with van der Waals surface area (Å²) in [6.07, 6.45) is 1.50. The van der Waals surface area contributed by atoms with E-state index < -0.39 is 6.10 Å². The van der Waals surface area contributed by atoms with Gasteiger partial charge in [-0.1, -0.05) is 30.3 Å². The second-order valence-electron chi connectivity index (χ2n) is 3.44. The smallest absolute Gasteiger partial charge is 0.124 e. The number of benzene rings is 1. The van der Waals surface area contributed by atoms with Crippen molar-refractivity contribution in [3.8, 4) is 0 Å². The zero-order valence-electron chi connectivity index (χ0n) is 8.22. The highest BCUT2D eigenvalue weighted by Crippen LogP contribution is 2.21. The lowest BCUT2D eigenvalue weighted by Crippen LogP contribution is -2.03. The van der Waals surface area contributed by atoms with Crippen LogP contribution in [0.4, 0.5) is 5.82 Å². The van der Waals surface area contributed by atoms with Gasteiger partial charge in [0.15, 0.2) is 0 Å². The van der Waals surface area contributed by atoms with E-state index in [1.807, 2.05) is 30.3 Å². The molecule has 4 N–H and O–H groups in total. The third kappa shape index (κ3) is 2.16. The van der Waals surface area contributed by atoms with Gasteiger partial charge in [-0.25, -0.2) is 0 Å². The fourth-order valence-electron chi connectivity index (χ4n) is 1.52. The van der Waals surface area contributed by atoms with Crippen LogP contribution in [0.2, 0.25) is 0 Å². The van der Waals surface area contributed by atoms with Crippen molar-refractivity contribution < 1.29 is 5.11 Å². The molecule has 0 amide bonds. The van der Waals surface area contributed by atoms with E-state index in [2.05, 4.69) is 10.2 Å². The van der Waals surface area contributed by atoms with Gasteiger partial charge in [-0.3, -0.25) is 5.10 Å². The number of aliphatic hydroxyl groups is 1. The molecule has 0 aliphatic heterocycles. The first-order chi connectivity index (χ1) is 7.27. The summed E-state index contributed by atoms with van der Waals surface area (Å²) in [5.74, 6) is 0.429. The zero-order valence-corrected chi connectivity index (χ0v) is 8.22. The van der Waals surface area contributed by atoms with E-state index in [0.717, 1.165) is 5.56 Å². The molecule has 0 spiro atoms. The van der Waals surface area contributed by atoms with Gasteiger partial charge in [0, 0.05) is 12.0 Å². The van der Waals surface area contributed by atoms with E-state index in [-0.39, 0.29) is 0 Å². The number of nitrogen functional groups attached to an aromatic ring is 1. The van der Waals surface area contributed by atoms with Crippen LogP contribution in [-0.4, -0.2) is 15.3 Å². The monoisotopic (exact) mass is 203 g/mol. The van der Waals surface area contributed by atoms with Crippen molar-refractivity contribution in [1.29, 1.82) is 0 Å². The molecule has 2 aromatic rings. The Labute approximate surface area is 87.7 Å². The van der Waals surface area contributed by atoms with Gasteiger partial charge in [0.2, 0.25) is 0 Å². The number of nitrogens with two attached hydrogens (primary N) is 1. The molecular weight excluding hydrogens is 190 g/mol. The lowest BCUT2D eigenvalue weighted by Gasteiger charge is -2.09. The highest BCUT2D eigenvalue weighted by molar-refractivity contribution is 5.39. The summed E-state index contributed by atoms with van der Waals surface area (Å²) in [5, 5.41) is 16.3. The molecule has 0 aliphatic carbocycles. The average Bonchev–Trinajstić information content (AvgIpc) is 2.66. The number of hydrogen-bond acceptors (Lipinski definition) is 3. The van der Waals surface area contributed by atoms with E-state index in [9.17, 15) is 5.11 Å². The standard InChI is InChI=1S/C11H13N3O/c12-11-9(7-13-14-11)10(15)6-8-4-2-1-3-5-8/h1-5,7,10,15H,6H2,(H3,12,13,14). The Bertz CT molecular complexity index is 424. The number of hydrogen-bond donors (Lipinski definition) is 3. The van der Waals surface area contributed by atoms with Crippen molar-refractivity contribution in [3.05, 3.63) is 47.7 Å². The van der Waals surface area contributed by atoms with Gasteiger partial charge in [-0.2, -0.15) is 5.10 Å². The SMILES string of the molecule is Nc1[nH]ncc1C(O)Cc1ccccc1. The van der Waals surface area contributed by atoms with Gasteiger partial charge < -0.3 is 10.8 Å². The molecule has 15 heavy (non-hydrogen) atoms. The maximum atomic E-state index is 9.90. The van der Waals surface area contributed by atoms with Gasteiger partial charge in [-0.15, -0.1) is 0 Å². The molecule has 1 aromatic carbocycles. The van der Waals surface area contributed by atoms with Crippen LogP contribution in [-0.2, 0) is 6.42 Å². The molecule has 1 heterocycles. The largest absolute Gasteiger partial charge is 0.388 e. The maximum Gasteiger partial charge on any atom is 0.124 e. The molecule has 1 atom stereocenters. The van der Waals surface area contributed by atoms with Gasteiger partial charge in [-0.05, 0) is 5.56 Å². The quantitative estimate of drug-likeness (QED) is 0.703. The van der Waals surface area contributed by atoms with E-state index >= 15 is 0 Å². The molecule has 0 bridgehead atoms. The zero-order chi connectivity index (χ0) is 10.7. The number of aliphatic hydroxyl groups excluding tert-OH is 1. The predicted molar refractivity (Wildman–Crippen MR) is 58.1 cm³/mol. The summed E-state index contributed by atoms with van der Waals surface area (Å²) >= 11 is 0. The van der Waals surface area contributed by atoms with E-state index in [4.69, 9.17) is 5.73 Å². The van der Waals surface area contributed by atoms with Crippen LogP contribution >= 0.6 is 0 Å². The minimum absolute atomic E-state index is 0.429. The Morgan fingerprint density at radius 2 is 2.07 bits per heavy atom. The van der Waals surface area contributed by atoms with Gasteiger partial charge in [0.1, 0.15) is 5.82 Å². The van der Waals surface area contributed by atoms with Crippen molar-refractivity contribution in [3.63, 3.8) is 0 Å². The highest BCUT2D eigenvalue weighted by atomic mass is 16.3. The molecule has 2 rings (SSSR count). The number of H-pyrrole nitrogens is 1. The summed E-state index contributed by atoms with van der Waals surface area (Å²) in [6, 6.07) is 9.78. The fraction of sp³-hybridized carbons (Fsp3) is 0.182. The third-order valence-corrected chi connectivity index (χ3v) is 2.33. The summed E-state index contributed by atoms with van der Waals surface area (Å²) in [4.78, 5) is 0. The number of aromatic nitrogens is 2. The predicted octanol–water partition coefficient (Wildman–Crippen LogP) is 1.27. The first-order valence-corrected chi connectivity index (χ1v) is 4.78. The van der Waals surface area contributed by atoms with Crippen LogP contribution in [0.15, 0.2) is 36.5 Å². The topological polar surface area (TPSA) is 74.9 Å². The summed E-state index contributed by atoms with van der Waals surface area (Å²) in [6.45, 7) is 0. The maximum absolute atomic E-state index is 9.90. The minimum atomic E-state index is -0.605. The number of nitrogens with zero attached hydrogens (tertiary/aromatic N) is 1. The molecular formula is C11H13N3O. The lowest BCUT2D eigenvalue weighted by atomic mass is 10.0. The molecule has 4 heteroatoms. The van der Waals surface area contributed by atoms with Crippen molar-refractivity contribution in [2.24, 2.45) is 0 Å². The highest BCUT2D eigenvalue weighted by Gasteiger charge is 2.12. The first-order valence-electron chi connectivity index (χ1n) is 4.78. The van der Waals surface area contributed by atoms with Crippen LogP contribution in [0.1, 0.15) is 17.2 Å². The van der Waals surface area contributed by atoms with Crippen LogP contribution < -0.4 is 5.73 Å². The fourth-order valence-corrected chi connectivity index (χ4v) is 1.52. The Morgan fingerprint density at radius 1 is 1.33 bits per heavy atom. The average molecular weight is 203 g/mol. The van der Waals surface area contributed by atoms with E-state index in [1.54, 1.807) is 6.20 Å². The van der Waals surface area contributed by atoms with E-state index in [0.29, 0.717) is 17.8 Å². The summed E-state index contributed by atoms with van der Waals surface area (Å²) < 4.78 is 0. The number of nitrogens with one attached hydrogen (secondary N) is 1. The van der Waals surface area contributed by atoms with Crippen molar-refractivity contribution in [1.82, 2.24) is 10.2 Å². The number of aromatic amines is 1. The van der Waals surface area contributed by atoms with Crippen LogP contribution in [0.3, 0.4) is 0 Å². The Kier molecular flexibility index (Phi) is 2.69. The number of anilines is 1. The molecule has 1 unspecified atom stereocenters. The number of rotatable bonds is 3. The van der Waals surface area contributed by atoms with Crippen molar-refractivity contribution >= 4 is 5.82 Å². The van der Waals surface area contributed by atoms with Crippen LogP contribution in [0.5, 0.6) is 0 Å². The Balaban J connectivity index is 2.11. The molecule has 4 nitrogen and oxygen atoms in total. The molecule has 0 fully saturated rings. The summed E-state index contributed by atoms with van der Waals surface area (Å²) in [7, 11) is 0. The normalized spacial score (nSPS) is 12.6. The van der Waals surface area contributed by atoms with Gasteiger partial charge in [0.25, 0.3) is 0 Å². The van der Waals surface area contributed by atoms with Crippen LogP contribution in [0.25, 0.3) is 0 Å². The molecule has 0 radical (unpaired) electrons. The van der Waals surface area contributed by atoms with Gasteiger partial charge >= 0.3 is 0 Å². The molecule has 78 valence electrons. The third-order valence-electron chi connectivity index (χ3n) is 2.33. The van der Waals surface area contributed by atoms with Crippen molar-refractivity contribution in [2.75, 3.05) is 5.73 Å². The summed E-state index contributed by atoms with van der Waals surface area (Å²) in [5.41, 5.74) is 7.34. The molecule has 0 saturated carbocycles. The minimum Gasteiger partial charge on any atom is -0.388 e. The van der Waals surface area contributed by atoms with Gasteiger partial charge in [0.05, 0.1) is 12.3 Å².